The molecule has 1 amide bonds. The average Bonchev–Trinajstić information content (AvgIpc) is 3.51. The number of pyridine rings is 1. The number of nitrogens with zero attached hydrogens (tertiary/aromatic N) is 1. The van der Waals surface area contributed by atoms with Gasteiger partial charge in [-0.25, -0.2) is 0 Å². The summed E-state index contributed by atoms with van der Waals surface area (Å²) >= 11 is 5.90. The summed E-state index contributed by atoms with van der Waals surface area (Å²) in [6.45, 7) is 0.208. The number of anilines is 1. The second-order valence-electron chi connectivity index (χ2n) is 10.0. The summed E-state index contributed by atoms with van der Waals surface area (Å²) in [4.78, 5) is 29.2. The Kier molecular flexibility index (Phi) is 9.41. The molecule has 0 aliphatic heterocycles. The van der Waals surface area contributed by atoms with E-state index in [2.05, 4.69) is 10.3 Å². The lowest BCUT2D eigenvalue weighted by Crippen LogP contribution is -2.35. The summed E-state index contributed by atoms with van der Waals surface area (Å²) in [7, 11) is 1.55. The van der Waals surface area contributed by atoms with E-state index in [4.69, 9.17) is 36.3 Å². The van der Waals surface area contributed by atoms with Gasteiger partial charge in [-0.2, -0.15) is 0 Å². The van der Waals surface area contributed by atoms with Gasteiger partial charge >= 0.3 is 5.97 Å². The first-order chi connectivity index (χ1) is 20.4. The highest BCUT2D eigenvalue weighted by atomic mass is 35.5. The minimum atomic E-state index is -0.757. The molecule has 1 unspecified atom stereocenters. The average molecular weight is 590 g/mol. The van der Waals surface area contributed by atoms with Crippen molar-refractivity contribution in [2.24, 2.45) is 5.73 Å². The number of nitrogens with one attached hydrogen (secondary N) is 1. The van der Waals surface area contributed by atoms with Crippen LogP contribution in [-0.4, -0.2) is 42.7 Å². The van der Waals surface area contributed by atoms with Gasteiger partial charge in [-0.1, -0.05) is 11.6 Å². The van der Waals surface area contributed by atoms with E-state index in [9.17, 15) is 9.59 Å². The molecule has 5 rings (SSSR count). The van der Waals surface area contributed by atoms with Gasteiger partial charge in [0.1, 0.15) is 23.6 Å². The number of nitrogens with two attached hydrogens (primary N) is 1. The summed E-state index contributed by atoms with van der Waals surface area (Å²) in [5, 5.41) is 4.14. The number of amides is 1. The molecule has 10 heteroatoms. The van der Waals surface area contributed by atoms with E-state index in [-0.39, 0.29) is 18.6 Å². The molecule has 1 fully saturated rings. The van der Waals surface area contributed by atoms with E-state index >= 15 is 0 Å². The molecule has 42 heavy (non-hydrogen) atoms. The number of hydrogen-bond donors (Lipinski definition) is 2. The molecule has 1 aromatic heterocycles. The number of aromatic nitrogens is 1. The maximum atomic E-state index is 12.5. The molecule has 1 atom stereocenters. The molecule has 9 nitrogen and oxygen atoms in total. The van der Waals surface area contributed by atoms with Crippen LogP contribution in [0.5, 0.6) is 23.0 Å². The normalized spacial score (nSPS) is 13.9. The van der Waals surface area contributed by atoms with Gasteiger partial charge in [0.15, 0.2) is 11.5 Å². The van der Waals surface area contributed by atoms with E-state index in [1.165, 1.54) is 0 Å². The monoisotopic (exact) mass is 589 g/mol. The van der Waals surface area contributed by atoms with Crippen molar-refractivity contribution in [2.75, 3.05) is 19.0 Å². The standard InChI is InChI=1S/C32H32ClN3O6/c1-39-29-18-25-27(19-30(29)40-17-15-26(34)32(38)42-23-4-2-3-5-23)35-16-14-28(25)41-24-12-10-22(11-13-24)36-31(37)20-6-8-21(33)9-7-20/h6-14,16,18-19,23,26H,2-5,15,17,34H2,1H3,(H,36,37). The first-order valence-corrected chi connectivity index (χ1v) is 14.2. The fourth-order valence-electron chi connectivity index (χ4n) is 4.70. The number of benzene rings is 3. The summed E-state index contributed by atoms with van der Waals surface area (Å²) in [6.07, 6.45) is 5.88. The predicted octanol–water partition coefficient (Wildman–Crippen LogP) is 6.52. The quantitative estimate of drug-likeness (QED) is 0.190. The molecule has 1 heterocycles. The molecule has 1 aliphatic rings. The second kappa shape index (κ2) is 13.5. The van der Waals surface area contributed by atoms with Crippen molar-refractivity contribution in [3.05, 3.63) is 83.5 Å². The fraction of sp³-hybridized carbons (Fsp3) is 0.281. The Morgan fingerprint density at radius 2 is 1.74 bits per heavy atom. The Hall–Kier alpha value is -4.34. The third-order valence-electron chi connectivity index (χ3n) is 7.01. The minimum Gasteiger partial charge on any atom is -0.493 e. The Balaban J connectivity index is 1.22. The van der Waals surface area contributed by atoms with Crippen LogP contribution in [-0.2, 0) is 9.53 Å². The highest BCUT2D eigenvalue weighted by Gasteiger charge is 2.23. The maximum Gasteiger partial charge on any atom is 0.323 e. The third kappa shape index (κ3) is 7.29. The number of methoxy groups -OCH3 is 1. The Morgan fingerprint density at radius 1 is 1.00 bits per heavy atom. The van der Waals surface area contributed by atoms with Gasteiger partial charge in [0.25, 0.3) is 5.91 Å². The number of rotatable bonds is 11. The number of hydrogen-bond acceptors (Lipinski definition) is 8. The van der Waals surface area contributed by atoms with Gasteiger partial charge < -0.3 is 30.0 Å². The molecule has 4 aromatic rings. The molecular weight excluding hydrogens is 558 g/mol. The first kappa shape index (κ1) is 29.2. The van der Waals surface area contributed by atoms with Crippen molar-refractivity contribution in [1.82, 2.24) is 4.98 Å². The first-order valence-electron chi connectivity index (χ1n) is 13.8. The van der Waals surface area contributed by atoms with Gasteiger partial charge in [0.05, 0.1) is 19.2 Å². The van der Waals surface area contributed by atoms with Crippen LogP contribution < -0.4 is 25.3 Å². The number of ether oxygens (including phenoxy) is 4. The molecule has 1 aliphatic carbocycles. The van der Waals surface area contributed by atoms with Crippen LogP contribution in [0.1, 0.15) is 42.5 Å². The van der Waals surface area contributed by atoms with Crippen LogP contribution in [0.4, 0.5) is 5.69 Å². The van der Waals surface area contributed by atoms with Crippen molar-refractivity contribution >= 4 is 40.1 Å². The van der Waals surface area contributed by atoms with E-state index in [0.29, 0.717) is 51.2 Å². The lowest BCUT2D eigenvalue weighted by molar-refractivity contribution is -0.150. The van der Waals surface area contributed by atoms with Crippen LogP contribution >= 0.6 is 11.6 Å². The van der Waals surface area contributed by atoms with Gasteiger partial charge in [0, 0.05) is 40.3 Å². The SMILES string of the molecule is COc1cc2c(Oc3ccc(NC(=O)c4ccc(Cl)cc4)cc3)ccnc2cc1OCCC(N)C(=O)OC1CCCC1. The van der Waals surface area contributed by atoms with Crippen LogP contribution in [0.3, 0.4) is 0 Å². The highest BCUT2D eigenvalue weighted by Crippen LogP contribution is 2.37. The van der Waals surface area contributed by atoms with Crippen LogP contribution in [0.15, 0.2) is 72.9 Å². The number of halogens is 1. The van der Waals surface area contributed by atoms with Gasteiger partial charge in [-0.15, -0.1) is 0 Å². The summed E-state index contributed by atoms with van der Waals surface area (Å²) in [6, 6.07) is 18.3. The van der Waals surface area contributed by atoms with Gasteiger partial charge in [-0.05, 0) is 86.3 Å². The van der Waals surface area contributed by atoms with E-state index < -0.39 is 12.0 Å². The molecule has 3 aromatic carbocycles. The number of fused-ring (bicyclic) bond motifs is 1. The smallest absolute Gasteiger partial charge is 0.323 e. The zero-order valence-corrected chi connectivity index (χ0v) is 23.9. The minimum absolute atomic E-state index is 0.0218. The third-order valence-corrected chi connectivity index (χ3v) is 7.26. The van der Waals surface area contributed by atoms with Gasteiger partial charge in [0.2, 0.25) is 0 Å². The zero-order valence-electron chi connectivity index (χ0n) is 23.2. The Morgan fingerprint density at radius 3 is 2.45 bits per heavy atom. The highest BCUT2D eigenvalue weighted by molar-refractivity contribution is 6.30. The number of carbonyl (C=O) groups is 2. The topological polar surface area (TPSA) is 122 Å². The Bertz CT molecular complexity index is 1540. The van der Waals surface area contributed by atoms with E-state index in [1.807, 2.05) is 0 Å². The van der Waals surface area contributed by atoms with Gasteiger partial charge in [-0.3, -0.25) is 14.6 Å². The van der Waals surface area contributed by atoms with Crippen LogP contribution in [0.2, 0.25) is 5.02 Å². The molecule has 1 saturated carbocycles. The lowest BCUT2D eigenvalue weighted by Gasteiger charge is -2.17. The maximum absolute atomic E-state index is 12.5. The predicted molar refractivity (Wildman–Crippen MR) is 161 cm³/mol. The molecular formula is C32H32ClN3O6. The van der Waals surface area contributed by atoms with Crippen LogP contribution in [0.25, 0.3) is 10.9 Å². The summed E-state index contributed by atoms with van der Waals surface area (Å²) in [5.74, 6) is 1.48. The summed E-state index contributed by atoms with van der Waals surface area (Å²) in [5.41, 5.74) is 7.80. The largest absolute Gasteiger partial charge is 0.493 e. The molecule has 0 saturated heterocycles. The molecule has 0 bridgehead atoms. The van der Waals surface area contributed by atoms with Crippen molar-refractivity contribution in [3.8, 4) is 23.0 Å². The van der Waals surface area contributed by atoms with Crippen LogP contribution in [0, 0.1) is 0 Å². The van der Waals surface area contributed by atoms with E-state index in [1.54, 1.807) is 80.0 Å². The number of esters is 1. The molecule has 3 N–H and O–H groups in total. The zero-order chi connectivity index (χ0) is 29.5. The Labute approximate surface area is 248 Å². The second-order valence-corrected chi connectivity index (χ2v) is 10.4. The van der Waals surface area contributed by atoms with Crippen molar-refractivity contribution in [3.63, 3.8) is 0 Å². The summed E-state index contributed by atoms with van der Waals surface area (Å²) < 4.78 is 23.1. The molecule has 218 valence electrons. The van der Waals surface area contributed by atoms with E-state index in [0.717, 1.165) is 31.1 Å². The van der Waals surface area contributed by atoms with Crippen molar-refractivity contribution in [2.45, 2.75) is 44.2 Å². The van der Waals surface area contributed by atoms with Crippen molar-refractivity contribution in [1.29, 1.82) is 0 Å². The lowest BCUT2D eigenvalue weighted by atomic mass is 10.1. The number of carbonyl (C=O) groups excluding carboxylic acids is 2. The fourth-order valence-corrected chi connectivity index (χ4v) is 4.83. The van der Waals surface area contributed by atoms with Crippen molar-refractivity contribution < 1.29 is 28.5 Å². The molecule has 0 spiro atoms. The molecule has 0 radical (unpaired) electrons.